The second kappa shape index (κ2) is 6.91. The number of likely N-dealkylation sites (tertiary alicyclic amines) is 1. The van der Waals surface area contributed by atoms with Gasteiger partial charge in [-0.05, 0) is 0 Å². The van der Waals surface area contributed by atoms with E-state index in [0.717, 1.165) is 22.6 Å². The molecule has 2 aromatic rings. The summed E-state index contributed by atoms with van der Waals surface area (Å²) in [5, 5.41) is 3.70. The van der Waals surface area contributed by atoms with Crippen molar-refractivity contribution in [1.29, 1.82) is 0 Å². The number of rotatable bonds is 5. The van der Waals surface area contributed by atoms with Crippen LogP contribution in [0.4, 0.5) is 5.69 Å². The molecule has 2 atom stereocenters. The molecule has 3 rings (SSSR count). The van der Waals surface area contributed by atoms with Crippen molar-refractivity contribution < 1.29 is 0 Å². The number of hydrogen-bond acceptors (Lipinski definition) is 4. The number of aromatic nitrogens is 2. The predicted molar refractivity (Wildman–Crippen MR) is 89.0 cm³/mol. The molecule has 2 heterocycles. The Morgan fingerprint density at radius 2 is 2.33 bits per heavy atom. The molecule has 1 aromatic carbocycles. The van der Waals surface area contributed by atoms with E-state index < -0.39 is 0 Å². The van der Waals surface area contributed by atoms with Crippen molar-refractivity contribution in [1.82, 2.24) is 12.9 Å². The zero-order valence-electron chi connectivity index (χ0n) is 12.9. The van der Waals surface area contributed by atoms with Crippen LogP contribution in [-0.4, -0.2) is 53.5 Å². The average molecular weight is 351 g/mol. The first-order valence-electron chi connectivity index (χ1n) is 7.98. The average Bonchev–Trinajstić information content (AvgIpc) is 2.97. The summed E-state index contributed by atoms with van der Waals surface area (Å²) in [5.41, 5.74) is 3.30. The summed E-state index contributed by atoms with van der Waals surface area (Å²) in [5.74, 6) is 0.727. The molecule has 5 heteroatoms. The first kappa shape index (κ1) is 15.0. The van der Waals surface area contributed by atoms with E-state index in [1.165, 1.54) is 38.9 Å². The van der Waals surface area contributed by atoms with Gasteiger partial charge >= 0.3 is 133 Å². The van der Waals surface area contributed by atoms with Crippen LogP contribution in [0.5, 0.6) is 0 Å². The van der Waals surface area contributed by atoms with Crippen LogP contribution in [0.3, 0.4) is 0 Å². The molecule has 114 valence electrons. The molecule has 1 aromatic heterocycles. The molecule has 0 spiro atoms. The van der Waals surface area contributed by atoms with E-state index in [1.807, 2.05) is 0 Å². The normalized spacial score (nSPS) is 21.5. The molecular weight excluding hydrogens is 327 g/mol. The molecule has 0 saturated carbocycles. The number of anilines is 1. The van der Waals surface area contributed by atoms with Crippen LogP contribution >= 0.6 is 0 Å². The van der Waals surface area contributed by atoms with Crippen molar-refractivity contribution in [3.63, 3.8) is 0 Å². The molecule has 0 amide bonds. The number of nitrogens with zero attached hydrogens (tertiary/aromatic N) is 3. The molecule has 2 unspecified atom stereocenters. The SMILES string of the molecule is CCCN1CCCC(C(C)Nc2cccc3n[se]nc23)C1. The van der Waals surface area contributed by atoms with Crippen LogP contribution in [0.1, 0.15) is 33.1 Å². The standard InChI is InChI=1S/C16H24N4Se/c1-3-9-20-10-5-6-13(11-20)12(2)17-14-7-4-8-15-16(14)19-21-18-15/h4,7-8,12-13,17H,3,5-6,9-11H2,1-2H3. The molecule has 1 fully saturated rings. The molecular formula is C16H24N4Se. The Labute approximate surface area is 133 Å². The van der Waals surface area contributed by atoms with E-state index in [9.17, 15) is 0 Å². The van der Waals surface area contributed by atoms with Gasteiger partial charge in [0, 0.05) is 0 Å². The maximum atomic E-state index is 4.56. The topological polar surface area (TPSA) is 41.0 Å². The Hall–Kier alpha value is -0.901. The molecule has 0 aliphatic carbocycles. The van der Waals surface area contributed by atoms with E-state index in [-0.39, 0.29) is 15.0 Å². The second-order valence-electron chi connectivity index (χ2n) is 6.07. The molecule has 21 heavy (non-hydrogen) atoms. The van der Waals surface area contributed by atoms with Crippen LogP contribution in [0, 0.1) is 5.92 Å². The Bertz CT molecular complexity index is 580. The van der Waals surface area contributed by atoms with Gasteiger partial charge in [0.1, 0.15) is 0 Å². The van der Waals surface area contributed by atoms with Gasteiger partial charge in [-0.1, -0.05) is 0 Å². The van der Waals surface area contributed by atoms with Crippen molar-refractivity contribution >= 4 is 31.7 Å². The van der Waals surface area contributed by atoms with E-state index >= 15 is 0 Å². The fourth-order valence-electron chi connectivity index (χ4n) is 3.30. The van der Waals surface area contributed by atoms with E-state index in [2.05, 4.69) is 50.2 Å². The third-order valence-corrected chi connectivity index (χ3v) is 5.60. The van der Waals surface area contributed by atoms with Gasteiger partial charge in [-0.2, -0.15) is 0 Å². The number of fused-ring (bicyclic) bond motifs is 1. The summed E-state index contributed by atoms with van der Waals surface area (Å²) >= 11 is 0.0477. The minimum absolute atomic E-state index is 0.0477. The van der Waals surface area contributed by atoms with Gasteiger partial charge < -0.3 is 0 Å². The van der Waals surface area contributed by atoms with Gasteiger partial charge in [0.05, 0.1) is 0 Å². The third kappa shape index (κ3) is 3.47. The van der Waals surface area contributed by atoms with E-state index in [1.54, 1.807) is 0 Å². The van der Waals surface area contributed by atoms with Crippen LogP contribution in [0.25, 0.3) is 11.0 Å². The van der Waals surface area contributed by atoms with Gasteiger partial charge in [-0.15, -0.1) is 0 Å². The first-order valence-corrected chi connectivity index (χ1v) is 9.51. The fraction of sp³-hybridized carbons (Fsp3) is 0.625. The quantitative estimate of drug-likeness (QED) is 0.841. The molecule has 1 aliphatic rings. The summed E-state index contributed by atoms with van der Waals surface area (Å²) in [6.07, 6.45) is 3.91. The van der Waals surface area contributed by atoms with E-state index in [4.69, 9.17) is 0 Å². The van der Waals surface area contributed by atoms with Crippen LogP contribution in [0.15, 0.2) is 18.2 Å². The van der Waals surface area contributed by atoms with Crippen molar-refractivity contribution in [2.45, 2.75) is 39.2 Å². The van der Waals surface area contributed by atoms with Gasteiger partial charge in [-0.25, -0.2) is 0 Å². The second-order valence-corrected chi connectivity index (χ2v) is 7.18. The monoisotopic (exact) mass is 352 g/mol. The Kier molecular flexibility index (Phi) is 4.94. The number of piperidine rings is 1. The summed E-state index contributed by atoms with van der Waals surface area (Å²) in [6.45, 7) is 8.32. The molecule has 1 saturated heterocycles. The summed E-state index contributed by atoms with van der Waals surface area (Å²) < 4.78 is 9.03. The van der Waals surface area contributed by atoms with Crippen molar-refractivity contribution in [3.05, 3.63) is 18.2 Å². The minimum atomic E-state index is 0.0477. The zero-order valence-corrected chi connectivity index (χ0v) is 14.6. The van der Waals surface area contributed by atoms with Crippen molar-refractivity contribution in [2.75, 3.05) is 25.0 Å². The number of nitrogens with one attached hydrogen (secondary N) is 1. The van der Waals surface area contributed by atoms with Gasteiger partial charge in [0.2, 0.25) is 0 Å². The molecule has 0 radical (unpaired) electrons. The summed E-state index contributed by atoms with van der Waals surface area (Å²) in [6, 6.07) is 6.77. The van der Waals surface area contributed by atoms with Crippen LogP contribution < -0.4 is 5.32 Å². The molecule has 1 aliphatic heterocycles. The summed E-state index contributed by atoms with van der Waals surface area (Å²) in [4.78, 5) is 2.62. The van der Waals surface area contributed by atoms with E-state index in [0.29, 0.717) is 6.04 Å². The molecule has 1 N–H and O–H groups in total. The van der Waals surface area contributed by atoms with Crippen molar-refractivity contribution in [2.24, 2.45) is 5.92 Å². The van der Waals surface area contributed by atoms with Crippen LogP contribution in [0.2, 0.25) is 0 Å². The summed E-state index contributed by atoms with van der Waals surface area (Å²) in [7, 11) is 0. The van der Waals surface area contributed by atoms with Gasteiger partial charge in [0.15, 0.2) is 0 Å². The van der Waals surface area contributed by atoms with Gasteiger partial charge in [0.25, 0.3) is 0 Å². The zero-order chi connectivity index (χ0) is 14.7. The molecule has 0 bridgehead atoms. The first-order chi connectivity index (χ1) is 10.3. The predicted octanol–water partition coefficient (Wildman–Crippen LogP) is 2.61. The van der Waals surface area contributed by atoms with Crippen molar-refractivity contribution in [3.8, 4) is 0 Å². The Morgan fingerprint density at radius 3 is 3.19 bits per heavy atom. The van der Waals surface area contributed by atoms with Crippen LogP contribution in [-0.2, 0) is 0 Å². The third-order valence-electron chi connectivity index (χ3n) is 4.46. The number of hydrogen-bond donors (Lipinski definition) is 1. The van der Waals surface area contributed by atoms with Gasteiger partial charge in [-0.3, -0.25) is 0 Å². The number of benzene rings is 1. The Balaban J connectivity index is 1.68. The fourth-order valence-corrected chi connectivity index (χ4v) is 4.46. The maximum absolute atomic E-state index is 4.56. The molecule has 4 nitrogen and oxygen atoms in total. The Morgan fingerprint density at radius 1 is 1.43 bits per heavy atom.